The Bertz CT molecular complexity index is 438. The van der Waals surface area contributed by atoms with Crippen LogP contribution >= 0.6 is 23.1 Å². The lowest BCUT2D eigenvalue weighted by Crippen LogP contribution is -2.51. The molecule has 0 spiro atoms. The minimum absolute atomic E-state index is 0.308. The van der Waals surface area contributed by atoms with Gasteiger partial charge < -0.3 is 4.90 Å². The molecule has 2 aliphatic rings. The number of amides is 1. The average Bonchev–Trinajstić information content (AvgIpc) is 2.87. The van der Waals surface area contributed by atoms with E-state index in [1.165, 1.54) is 11.5 Å². The molecule has 0 aliphatic carbocycles. The molecule has 0 saturated carbocycles. The molecule has 0 aromatic carbocycles. The first-order chi connectivity index (χ1) is 8.24. The van der Waals surface area contributed by atoms with Crippen molar-refractivity contribution in [2.75, 3.05) is 19.6 Å². The molecule has 0 radical (unpaired) electrons. The van der Waals surface area contributed by atoms with E-state index in [9.17, 15) is 4.79 Å². The number of halogens is 1. The monoisotopic (exact) mass is 272 g/mol. The van der Waals surface area contributed by atoms with Crippen LogP contribution in [0, 0.1) is 0 Å². The van der Waals surface area contributed by atoms with Crippen LogP contribution in [0.1, 0.15) is 18.5 Å². The number of rotatable bonds is 2. The van der Waals surface area contributed by atoms with Gasteiger partial charge in [-0.15, -0.1) is 5.10 Å². The van der Waals surface area contributed by atoms with Crippen LogP contribution in [0.5, 0.6) is 0 Å². The quantitative estimate of drug-likeness (QED) is 0.806. The van der Waals surface area contributed by atoms with Crippen molar-refractivity contribution in [1.29, 1.82) is 0 Å². The summed E-state index contributed by atoms with van der Waals surface area (Å²) in [6.07, 6.45) is 1.69. The normalized spacial score (nSPS) is 25.4. The third-order valence-corrected chi connectivity index (χ3v) is 4.45. The highest BCUT2D eigenvalue weighted by atomic mass is 35.5. The smallest absolute Gasteiger partial charge is 0.222 e. The van der Waals surface area contributed by atoms with E-state index >= 15 is 0 Å². The number of hydrogen-bond acceptors (Lipinski definition) is 5. The molecule has 1 atom stereocenters. The summed E-state index contributed by atoms with van der Waals surface area (Å²) in [7, 11) is 0. The van der Waals surface area contributed by atoms with Crippen molar-refractivity contribution in [3.05, 3.63) is 10.0 Å². The third-order valence-electron chi connectivity index (χ3n) is 3.46. The van der Waals surface area contributed by atoms with E-state index in [0.717, 1.165) is 38.3 Å². The van der Waals surface area contributed by atoms with Crippen molar-refractivity contribution in [2.45, 2.75) is 25.4 Å². The van der Waals surface area contributed by atoms with Crippen LogP contribution in [0.15, 0.2) is 0 Å². The van der Waals surface area contributed by atoms with Crippen LogP contribution in [0.4, 0.5) is 0 Å². The Hall–Kier alpha value is -0.720. The van der Waals surface area contributed by atoms with Gasteiger partial charge in [0.15, 0.2) is 0 Å². The van der Waals surface area contributed by atoms with Crippen LogP contribution in [-0.4, -0.2) is 51.0 Å². The molecule has 7 heteroatoms. The van der Waals surface area contributed by atoms with E-state index in [-0.39, 0.29) is 0 Å². The van der Waals surface area contributed by atoms with Crippen molar-refractivity contribution in [2.24, 2.45) is 0 Å². The van der Waals surface area contributed by atoms with Crippen LogP contribution in [0.25, 0.3) is 0 Å². The topological polar surface area (TPSA) is 49.3 Å². The first-order valence-electron chi connectivity index (χ1n) is 5.72. The van der Waals surface area contributed by atoms with E-state index < -0.39 is 0 Å². The summed E-state index contributed by atoms with van der Waals surface area (Å²) in [6.45, 7) is 3.40. The first kappa shape index (κ1) is 11.4. The molecule has 1 aromatic heterocycles. The van der Waals surface area contributed by atoms with Crippen molar-refractivity contribution < 1.29 is 4.79 Å². The molecule has 2 saturated heterocycles. The second-order valence-corrected chi connectivity index (χ2v) is 5.86. The fourth-order valence-electron chi connectivity index (χ4n) is 2.58. The number of carbonyl (C=O) groups excluding carboxylic acids is 1. The van der Waals surface area contributed by atoms with Gasteiger partial charge in [-0.1, -0.05) is 16.1 Å². The van der Waals surface area contributed by atoms with Gasteiger partial charge in [0, 0.05) is 50.2 Å². The number of nitrogens with zero attached hydrogens (tertiary/aromatic N) is 4. The largest absolute Gasteiger partial charge is 0.337 e. The molecular weight excluding hydrogens is 260 g/mol. The summed E-state index contributed by atoms with van der Waals surface area (Å²) in [6, 6.07) is 0.390. The summed E-state index contributed by atoms with van der Waals surface area (Å²) >= 11 is 7.22. The molecule has 17 heavy (non-hydrogen) atoms. The van der Waals surface area contributed by atoms with Gasteiger partial charge in [-0.3, -0.25) is 9.69 Å². The Labute approximate surface area is 109 Å². The van der Waals surface area contributed by atoms with E-state index in [1.807, 2.05) is 4.90 Å². The summed E-state index contributed by atoms with van der Waals surface area (Å²) in [5.41, 5.74) is 0.856. The maximum absolute atomic E-state index is 11.6. The Morgan fingerprint density at radius 2 is 2.35 bits per heavy atom. The van der Waals surface area contributed by atoms with Crippen molar-refractivity contribution in [3.63, 3.8) is 0 Å². The van der Waals surface area contributed by atoms with Gasteiger partial charge in [0.2, 0.25) is 5.91 Å². The predicted molar refractivity (Wildman–Crippen MR) is 64.9 cm³/mol. The molecule has 0 N–H and O–H groups in total. The van der Waals surface area contributed by atoms with E-state index in [2.05, 4.69) is 14.5 Å². The third kappa shape index (κ3) is 2.17. The highest BCUT2D eigenvalue weighted by Crippen LogP contribution is 2.25. The zero-order valence-corrected chi connectivity index (χ0v) is 10.9. The Kier molecular flexibility index (Phi) is 3.02. The van der Waals surface area contributed by atoms with Gasteiger partial charge >= 0.3 is 0 Å². The second kappa shape index (κ2) is 4.51. The molecule has 3 heterocycles. The lowest BCUT2D eigenvalue weighted by atomic mass is 10.1. The predicted octanol–water partition coefficient (Wildman–Crippen LogP) is 0.998. The zero-order chi connectivity index (χ0) is 11.8. The number of carbonyl (C=O) groups is 1. The van der Waals surface area contributed by atoms with Crippen molar-refractivity contribution in [1.82, 2.24) is 19.4 Å². The Balaban J connectivity index is 1.64. The van der Waals surface area contributed by atoms with Gasteiger partial charge in [0.1, 0.15) is 10.0 Å². The number of hydrogen-bond donors (Lipinski definition) is 0. The summed E-state index contributed by atoms with van der Waals surface area (Å²) < 4.78 is 4.51. The second-order valence-electron chi connectivity index (χ2n) is 4.51. The number of fused-ring (bicyclic) bond motifs is 1. The van der Waals surface area contributed by atoms with Gasteiger partial charge in [0.05, 0.1) is 0 Å². The van der Waals surface area contributed by atoms with Gasteiger partial charge in [0.25, 0.3) is 0 Å². The molecule has 3 rings (SSSR count). The Morgan fingerprint density at radius 3 is 3.12 bits per heavy atom. The van der Waals surface area contributed by atoms with Crippen LogP contribution in [0.3, 0.4) is 0 Å². The zero-order valence-electron chi connectivity index (χ0n) is 9.30. The molecule has 5 nitrogen and oxygen atoms in total. The Morgan fingerprint density at radius 1 is 1.47 bits per heavy atom. The SMILES string of the molecule is O=C1CCC2CN(Cc3nnsc3Cl)CCN12. The molecular formula is C10H13ClN4OS. The van der Waals surface area contributed by atoms with Crippen LogP contribution in [0.2, 0.25) is 4.34 Å². The van der Waals surface area contributed by atoms with Gasteiger partial charge in [-0.05, 0) is 6.42 Å². The number of piperazine rings is 1. The molecule has 1 aromatic rings. The fourth-order valence-corrected chi connectivity index (χ4v) is 3.19. The molecule has 0 bridgehead atoms. The van der Waals surface area contributed by atoms with Crippen LogP contribution in [-0.2, 0) is 11.3 Å². The first-order valence-corrected chi connectivity index (χ1v) is 6.88. The molecule has 92 valence electrons. The summed E-state index contributed by atoms with van der Waals surface area (Å²) in [5.74, 6) is 0.308. The highest BCUT2D eigenvalue weighted by Gasteiger charge is 2.35. The summed E-state index contributed by atoms with van der Waals surface area (Å²) in [4.78, 5) is 15.9. The maximum Gasteiger partial charge on any atom is 0.222 e. The fraction of sp³-hybridized carbons (Fsp3) is 0.700. The highest BCUT2D eigenvalue weighted by molar-refractivity contribution is 7.10. The molecule has 2 fully saturated rings. The van der Waals surface area contributed by atoms with Crippen molar-refractivity contribution in [3.8, 4) is 0 Å². The lowest BCUT2D eigenvalue weighted by molar-refractivity contribution is -0.130. The minimum Gasteiger partial charge on any atom is -0.337 e. The maximum atomic E-state index is 11.6. The summed E-state index contributed by atoms with van der Waals surface area (Å²) in [5, 5.41) is 4.02. The van der Waals surface area contributed by atoms with E-state index in [0.29, 0.717) is 22.7 Å². The lowest BCUT2D eigenvalue weighted by Gasteiger charge is -2.37. The van der Waals surface area contributed by atoms with Crippen molar-refractivity contribution >= 4 is 29.0 Å². The molecule has 1 amide bonds. The van der Waals surface area contributed by atoms with Crippen LogP contribution < -0.4 is 0 Å². The molecule has 2 aliphatic heterocycles. The van der Waals surface area contributed by atoms with Gasteiger partial charge in [-0.2, -0.15) is 0 Å². The number of aromatic nitrogens is 2. The van der Waals surface area contributed by atoms with Gasteiger partial charge in [-0.25, -0.2) is 0 Å². The standard InChI is InChI=1S/C10H13ClN4OS/c11-10-8(12-13-17-10)6-14-3-4-15-7(5-14)1-2-9(15)16/h7H,1-6H2. The minimum atomic E-state index is 0.308. The molecule has 1 unspecified atom stereocenters. The average molecular weight is 273 g/mol. The van der Waals surface area contributed by atoms with E-state index in [4.69, 9.17) is 11.6 Å². The van der Waals surface area contributed by atoms with E-state index in [1.54, 1.807) is 0 Å².